The molecule has 1 fully saturated rings. The van der Waals surface area contributed by atoms with Crippen molar-refractivity contribution in [2.75, 3.05) is 13.3 Å². The first-order chi connectivity index (χ1) is 7.77. The predicted molar refractivity (Wildman–Crippen MR) is 61.9 cm³/mol. The average Bonchev–Trinajstić information content (AvgIpc) is 2.30. The molecular weight excluding hydrogens is 207 g/mol. The van der Waals surface area contributed by atoms with Gasteiger partial charge in [-0.2, -0.15) is 0 Å². The minimum absolute atomic E-state index is 0.0234. The fourth-order valence-electron chi connectivity index (χ4n) is 2.47. The Labute approximate surface area is 97.6 Å². The molecule has 3 heteroatoms. The molecule has 1 rings (SSSR count). The van der Waals surface area contributed by atoms with E-state index in [0.29, 0.717) is 18.9 Å². The van der Waals surface area contributed by atoms with Gasteiger partial charge in [0, 0.05) is 0 Å². The van der Waals surface area contributed by atoms with Gasteiger partial charge in [-0.3, -0.25) is 9.18 Å². The molecule has 0 unspecified atom stereocenters. The Bertz CT molecular complexity index is 198. The highest BCUT2D eigenvalue weighted by Crippen LogP contribution is 2.32. The third kappa shape index (κ3) is 4.50. The Morgan fingerprint density at radius 3 is 2.50 bits per heavy atom. The number of carbonyl (C=O) groups excluding carboxylic acids is 1. The number of esters is 1. The Kier molecular flexibility index (Phi) is 6.43. The van der Waals surface area contributed by atoms with Crippen LogP contribution in [-0.2, 0) is 9.53 Å². The summed E-state index contributed by atoms with van der Waals surface area (Å²) < 4.78 is 17.0. The van der Waals surface area contributed by atoms with E-state index in [1.54, 1.807) is 0 Å². The summed E-state index contributed by atoms with van der Waals surface area (Å²) in [5.41, 5.74) is 0. The van der Waals surface area contributed by atoms with E-state index in [2.05, 4.69) is 0 Å². The smallest absolute Gasteiger partial charge is 0.308 e. The maximum absolute atomic E-state index is 11.9. The van der Waals surface area contributed by atoms with E-state index in [4.69, 9.17) is 4.74 Å². The van der Waals surface area contributed by atoms with Gasteiger partial charge >= 0.3 is 5.97 Å². The molecule has 1 aliphatic rings. The maximum atomic E-state index is 11.9. The van der Waals surface area contributed by atoms with Crippen LogP contribution in [0.15, 0.2) is 0 Å². The first-order valence-corrected chi connectivity index (χ1v) is 6.50. The van der Waals surface area contributed by atoms with Crippen LogP contribution < -0.4 is 0 Å². The first kappa shape index (κ1) is 13.5. The van der Waals surface area contributed by atoms with Crippen molar-refractivity contribution in [3.05, 3.63) is 0 Å². The van der Waals surface area contributed by atoms with Gasteiger partial charge in [0.2, 0.25) is 0 Å². The molecule has 0 aromatic carbocycles. The van der Waals surface area contributed by atoms with Crippen molar-refractivity contribution in [1.82, 2.24) is 0 Å². The summed E-state index contributed by atoms with van der Waals surface area (Å²) >= 11 is 0. The molecule has 1 saturated carbocycles. The van der Waals surface area contributed by atoms with Gasteiger partial charge < -0.3 is 4.74 Å². The summed E-state index contributed by atoms with van der Waals surface area (Å²) in [6.07, 6.45) is 6.94. The van der Waals surface area contributed by atoms with Crippen molar-refractivity contribution in [3.63, 3.8) is 0 Å². The predicted octanol–water partition coefficient (Wildman–Crippen LogP) is 3.50. The first-order valence-electron chi connectivity index (χ1n) is 6.50. The summed E-state index contributed by atoms with van der Waals surface area (Å²) in [7, 11) is 0. The van der Waals surface area contributed by atoms with E-state index in [0.717, 1.165) is 38.5 Å². The number of halogens is 1. The highest BCUT2D eigenvalue weighted by atomic mass is 19.1. The van der Waals surface area contributed by atoms with Gasteiger partial charge in [-0.1, -0.05) is 12.8 Å². The second-order valence-electron chi connectivity index (χ2n) is 4.65. The molecule has 0 spiro atoms. The van der Waals surface area contributed by atoms with Crippen LogP contribution in [0.25, 0.3) is 0 Å². The lowest BCUT2D eigenvalue weighted by Gasteiger charge is -2.27. The van der Waals surface area contributed by atoms with Crippen molar-refractivity contribution < 1.29 is 13.9 Å². The molecule has 0 aromatic heterocycles. The summed E-state index contributed by atoms with van der Waals surface area (Å²) in [6.45, 7) is 2.13. The molecule has 0 amide bonds. The van der Waals surface area contributed by atoms with Crippen molar-refractivity contribution in [2.24, 2.45) is 11.8 Å². The molecule has 0 atom stereocenters. The van der Waals surface area contributed by atoms with E-state index in [9.17, 15) is 9.18 Å². The quantitative estimate of drug-likeness (QED) is 0.515. The highest BCUT2D eigenvalue weighted by molar-refractivity contribution is 5.72. The fourth-order valence-corrected chi connectivity index (χ4v) is 2.47. The molecule has 0 aromatic rings. The summed E-state index contributed by atoms with van der Waals surface area (Å²) in [5, 5.41) is 0. The Morgan fingerprint density at radius 1 is 1.25 bits per heavy atom. The molecule has 16 heavy (non-hydrogen) atoms. The Balaban J connectivity index is 2.15. The van der Waals surface area contributed by atoms with Crippen LogP contribution in [0, 0.1) is 11.8 Å². The van der Waals surface area contributed by atoms with E-state index in [-0.39, 0.29) is 18.6 Å². The van der Waals surface area contributed by atoms with E-state index in [1.807, 2.05) is 6.92 Å². The lowest BCUT2D eigenvalue weighted by Crippen LogP contribution is -2.23. The minimum Gasteiger partial charge on any atom is -0.466 e. The van der Waals surface area contributed by atoms with E-state index in [1.165, 1.54) is 0 Å². The second-order valence-corrected chi connectivity index (χ2v) is 4.65. The monoisotopic (exact) mass is 230 g/mol. The van der Waals surface area contributed by atoms with Gasteiger partial charge in [-0.25, -0.2) is 0 Å². The molecule has 0 N–H and O–H groups in total. The molecule has 94 valence electrons. The lowest BCUT2D eigenvalue weighted by molar-refractivity contribution is -0.149. The van der Waals surface area contributed by atoms with Gasteiger partial charge in [0.25, 0.3) is 0 Å². The molecule has 2 nitrogen and oxygen atoms in total. The zero-order valence-corrected chi connectivity index (χ0v) is 10.2. The van der Waals surface area contributed by atoms with Crippen molar-refractivity contribution in [3.8, 4) is 0 Å². The standard InChI is InChI=1S/C13H23FO2/c1-2-16-13(15)12-8-6-11(7-9-12)5-3-4-10-14/h11-12H,2-10H2,1H3. The third-order valence-electron chi connectivity index (χ3n) is 3.46. The van der Waals surface area contributed by atoms with Gasteiger partial charge in [0.05, 0.1) is 19.2 Å². The van der Waals surface area contributed by atoms with Crippen LogP contribution in [-0.4, -0.2) is 19.3 Å². The number of hydrogen-bond acceptors (Lipinski definition) is 2. The minimum atomic E-state index is -0.196. The summed E-state index contributed by atoms with van der Waals surface area (Å²) in [4.78, 5) is 11.5. The largest absolute Gasteiger partial charge is 0.466 e. The number of rotatable bonds is 6. The Hall–Kier alpha value is -0.600. The topological polar surface area (TPSA) is 26.3 Å². The van der Waals surface area contributed by atoms with Gasteiger partial charge in [0.1, 0.15) is 0 Å². The van der Waals surface area contributed by atoms with Crippen LogP contribution in [0.5, 0.6) is 0 Å². The van der Waals surface area contributed by atoms with Crippen LogP contribution in [0.2, 0.25) is 0 Å². The third-order valence-corrected chi connectivity index (χ3v) is 3.46. The van der Waals surface area contributed by atoms with Crippen molar-refractivity contribution >= 4 is 5.97 Å². The second kappa shape index (κ2) is 7.64. The van der Waals surface area contributed by atoms with Crippen LogP contribution in [0.4, 0.5) is 4.39 Å². The van der Waals surface area contributed by atoms with E-state index < -0.39 is 0 Å². The molecule has 0 radical (unpaired) electrons. The maximum Gasteiger partial charge on any atom is 0.308 e. The van der Waals surface area contributed by atoms with Crippen LogP contribution >= 0.6 is 0 Å². The Morgan fingerprint density at radius 2 is 1.94 bits per heavy atom. The SMILES string of the molecule is CCOC(=O)C1CCC(CCCCF)CC1. The molecule has 0 saturated heterocycles. The zero-order valence-electron chi connectivity index (χ0n) is 10.2. The van der Waals surface area contributed by atoms with Crippen LogP contribution in [0.3, 0.4) is 0 Å². The van der Waals surface area contributed by atoms with Crippen molar-refractivity contribution in [1.29, 1.82) is 0 Å². The van der Waals surface area contributed by atoms with Gasteiger partial charge in [-0.05, 0) is 44.9 Å². The highest BCUT2D eigenvalue weighted by Gasteiger charge is 2.26. The number of carbonyl (C=O) groups is 1. The van der Waals surface area contributed by atoms with Crippen LogP contribution in [0.1, 0.15) is 51.9 Å². The van der Waals surface area contributed by atoms with Gasteiger partial charge in [0.15, 0.2) is 0 Å². The number of hydrogen-bond donors (Lipinski definition) is 0. The summed E-state index contributed by atoms with van der Waals surface area (Å²) in [5.74, 6) is 0.805. The summed E-state index contributed by atoms with van der Waals surface area (Å²) in [6, 6.07) is 0. The molecule has 0 bridgehead atoms. The number of ether oxygens (including phenoxy) is 1. The lowest BCUT2D eigenvalue weighted by atomic mass is 9.80. The average molecular weight is 230 g/mol. The molecule has 0 heterocycles. The molecular formula is C13H23FO2. The number of unbranched alkanes of at least 4 members (excludes halogenated alkanes) is 1. The molecule has 0 aliphatic heterocycles. The fraction of sp³-hybridized carbons (Fsp3) is 0.923. The zero-order chi connectivity index (χ0) is 11.8. The number of alkyl halides is 1. The van der Waals surface area contributed by atoms with Gasteiger partial charge in [-0.15, -0.1) is 0 Å². The van der Waals surface area contributed by atoms with E-state index >= 15 is 0 Å². The van der Waals surface area contributed by atoms with Crippen molar-refractivity contribution in [2.45, 2.75) is 51.9 Å². The normalized spacial score (nSPS) is 25.4. The molecule has 1 aliphatic carbocycles.